The number of alkyl halides is 3. The monoisotopic (exact) mass is 552 g/mol. The fourth-order valence-corrected chi connectivity index (χ4v) is 6.62. The van der Waals surface area contributed by atoms with Gasteiger partial charge >= 0.3 is 12.3 Å². The van der Waals surface area contributed by atoms with Gasteiger partial charge in [0.25, 0.3) is 5.91 Å². The summed E-state index contributed by atoms with van der Waals surface area (Å²) in [5.41, 5.74) is -1.41. The zero-order valence-electron chi connectivity index (χ0n) is 21.5. The Kier molecular flexibility index (Phi) is 7.89. The molecule has 0 saturated carbocycles. The van der Waals surface area contributed by atoms with E-state index in [-0.39, 0.29) is 35.4 Å². The number of amides is 3. The van der Waals surface area contributed by atoms with Gasteiger partial charge in [-0.05, 0) is 76.6 Å². The summed E-state index contributed by atoms with van der Waals surface area (Å²) < 4.78 is 44.3. The third kappa shape index (κ3) is 6.03. The lowest BCUT2D eigenvalue weighted by Gasteiger charge is -2.42. The Morgan fingerprint density at radius 2 is 1.71 bits per heavy atom. The fraction of sp³-hybridized carbons (Fsp3) is 0.615. The third-order valence-corrected chi connectivity index (χ3v) is 8.20. The summed E-state index contributed by atoms with van der Waals surface area (Å²) >= 11 is 1.47. The Morgan fingerprint density at radius 1 is 1.11 bits per heavy atom. The van der Waals surface area contributed by atoms with Gasteiger partial charge in [0.05, 0.1) is 17.5 Å². The summed E-state index contributed by atoms with van der Waals surface area (Å²) in [5.74, 6) is -0.143. The van der Waals surface area contributed by atoms with E-state index < -0.39 is 35.5 Å². The first kappa shape index (κ1) is 28.1. The van der Waals surface area contributed by atoms with Crippen LogP contribution in [0.4, 0.5) is 18.0 Å². The van der Waals surface area contributed by atoms with E-state index in [9.17, 15) is 32.8 Å². The highest BCUT2D eigenvalue weighted by atomic mass is 32.2. The summed E-state index contributed by atoms with van der Waals surface area (Å²) in [7, 11) is 0. The van der Waals surface area contributed by atoms with Crippen molar-refractivity contribution in [3.8, 4) is 6.07 Å². The maximum absolute atomic E-state index is 13.6. The minimum absolute atomic E-state index is 0.179. The number of ether oxygens (including phenoxy) is 1. The quantitative estimate of drug-likeness (QED) is 0.594. The van der Waals surface area contributed by atoms with Crippen LogP contribution in [0.1, 0.15) is 62.4 Å². The van der Waals surface area contributed by atoms with Crippen molar-refractivity contribution in [3.05, 3.63) is 35.4 Å². The summed E-state index contributed by atoms with van der Waals surface area (Å²) in [6, 6.07) is 4.39. The van der Waals surface area contributed by atoms with Crippen LogP contribution >= 0.6 is 11.8 Å². The van der Waals surface area contributed by atoms with Gasteiger partial charge in [0.1, 0.15) is 17.7 Å². The Hall–Kier alpha value is -2.94. The second-order valence-corrected chi connectivity index (χ2v) is 12.0. The van der Waals surface area contributed by atoms with Crippen LogP contribution in [-0.2, 0) is 15.7 Å². The first-order valence-electron chi connectivity index (χ1n) is 12.6. The van der Waals surface area contributed by atoms with E-state index >= 15 is 0 Å². The number of hydrogen-bond acceptors (Lipinski definition) is 6. The molecule has 1 N–H and O–H groups in total. The van der Waals surface area contributed by atoms with Crippen molar-refractivity contribution in [2.45, 2.75) is 82.4 Å². The molecule has 0 spiro atoms. The maximum Gasteiger partial charge on any atom is 0.416 e. The molecule has 3 amide bonds. The fourth-order valence-electron chi connectivity index (χ4n) is 5.53. The van der Waals surface area contributed by atoms with Crippen LogP contribution < -0.4 is 5.32 Å². The van der Waals surface area contributed by atoms with E-state index in [1.165, 1.54) is 28.8 Å². The minimum atomic E-state index is -4.49. The Balaban J connectivity index is 1.52. The highest BCUT2D eigenvalue weighted by Crippen LogP contribution is 2.42. The van der Waals surface area contributed by atoms with E-state index in [0.29, 0.717) is 37.3 Å². The van der Waals surface area contributed by atoms with Gasteiger partial charge in [-0.1, -0.05) is 0 Å². The van der Waals surface area contributed by atoms with Crippen molar-refractivity contribution in [1.29, 1.82) is 5.26 Å². The van der Waals surface area contributed by atoms with Crippen LogP contribution in [0.5, 0.6) is 0 Å². The normalized spacial score (nSPS) is 26.0. The van der Waals surface area contributed by atoms with Gasteiger partial charge < -0.3 is 19.9 Å². The van der Waals surface area contributed by atoms with E-state index in [2.05, 4.69) is 11.4 Å². The third-order valence-electron chi connectivity index (χ3n) is 7.19. The zero-order valence-corrected chi connectivity index (χ0v) is 22.3. The molecule has 2 unspecified atom stereocenters. The lowest BCUT2D eigenvalue weighted by Crippen LogP contribution is -2.58. The lowest BCUT2D eigenvalue weighted by atomic mass is 9.83. The van der Waals surface area contributed by atoms with Crippen LogP contribution in [0.3, 0.4) is 0 Å². The highest BCUT2D eigenvalue weighted by Gasteiger charge is 2.48. The molecule has 2 bridgehead atoms. The number of fused-ring (bicyclic) bond motifs is 2. The number of hydrogen-bond donors (Lipinski definition) is 1. The van der Waals surface area contributed by atoms with Crippen molar-refractivity contribution >= 4 is 29.7 Å². The van der Waals surface area contributed by atoms with Crippen LogP contribution in [0.2, 0.25) is 0 Å². The summed E-state index contributed by atoms with van der Waals surface area (Å²) in [6.07, 6.45) is -2.95. The maximum atomic E-state index is 13.6. The van der Waals surface area contributed by atoms with Crippen LogP contribution in [-0.4, -0.2) is 69.1 Å². The molecule has 0 aromatic heterocycles. The average molecular weight is 553 g/mol. The van der Waals surface area contributed by atoms with Gasteiger partial charge in [-0.3, -0.25) is 9.59 Å². The van der Waals surface area contributed by atoms with Gasteiger partial charge in [0.15, 0.2) is 0 Å². The van der Waals surface area contributed by atoms with Gasteiger partial charge in [0, 0.05) is 23.4 Å². The molecule has 4 atom stereocenters. The van der Waals surface area contributed by atoms with E-state index in [1.54, 1.807) is 25.7 Å². The summed E-state index contributed by atoms with van der Waals surface area (Å²) in [4.78, 5) is 42.8. The first-order valence-corrected chi connectivity index (χ1v) is 13.7. The van der Waals surface area contributed by atoms with E-state index in [0.717, 1.165) is 12.1 Å². The number of benzene rings is 1. The number of halogens is 3. The molecular formula is C26H31F3N4O4S. The van der Waals surface area contributed by atoms with E-state index in [4.69, 9.17) is 4.74 Å². The van der Waals surface area contributed by atoms with Gasteiger partial charge in [-0.2, -0.15) is 18.4 Å². The molecule has 12 heteroatoms. The van der Waals surface area contributed by atoms with Crippen molar-refractivity contribution in [1.82, 2.24) is 15.1 Å². The lowest BCUT2D eigenvalue weighted by molar-refractivity contribution is -0.137. The average Bonchev–Trinajstić information content (AvgIpc) is 3.41. The number of rotatable bonds is 4. The molecule has 3 fully saturated rings. The predicted octanol–water partition coefficient (Wildman–Crippen LogP) is 4.41. The van der Waals surface area contributed by atoms with Gasteiger partial charge in [0.2, 0.25) is 5.91 Å². The molecule has 1 aromatic carbocycles. The first-order chi connectivity index (χ1) is 17.8. The van der Waals surface area contributed by atoms with Crippen molar-refractivity contribution in [2.24, 2.45) is 5.92 Å². The summed E-state index contributed by atoms with van der Waals surface area (Å²) in [5, 5.41) is 12.2. The molecule has 3 aliphatic rings. The van der Waals surface area contributed by atoms with Crippen LogP contribution in [0.25, 0.3) is 0 Å². The molecular weight excluding hydrogens is 521 g/mol. The Morgan fingerprint density at radius 3 is 2.24 bits per heavy atom. The molecule has 4 rings (SSSR count). The largest absolute Gasteiger partial charge is 0.444 e. The molecule has 8 nitrogen and oxygen atoms in total. The smallest absolute Gasteiger partial charge is 0.416 e. The zero-order chi connectivity index (χ0) is 27.8. The van der Waals surface area contributed by atoms with Gasteiger partial charge in [-0.25, -0.2) is 4.79 Å². The minimum Gasteiger partial charge on any atom is -0.444 e. The Bertz CT molecular complexity index is 1100. The van der Waals surface area contributed by atoms with Crippen LogP contribution in [0.15, 0.2) is 24.3 Å². The molecule has 1 aromatic rings. The Labute approximate surface area is 223 Å². The number of alkyl carbamates (subject to hydrolysis) is 1. The second kappa shape index (κ2) is 10.7. The van der Waals surface area contributed by atoms with E-state index in [1.807, 2.05) is 0 Å². The van der Waals surface area contributed by atoms with Crippen LogP contribution in [0, 0.1) is 17.2 Å². The number of thioether (sulfide) groups is 1. The topological polar surface area (TPSA) is 103 Å². The molecule has 0 aliphatic carbocycles. The number of nitrogens with zero attached hydrogens (tertiary/aromatic N) is 3. The van der Waals surface area contributed by atoms with Crippen molar-refractivity contribution in [2.75, 3.05) is 11.6 Å². The number of nitriles is 1. The number of carbonyl (C=O) groups excluding carboxylic acids is 3. The van der Waals surface area contributed by atoms with Crippen molar-refractivity contribution < 1.29 is 32.3 Å². The molecule has 3 heterocycles. The van der Waals surface area contributed by atoms with Crippen molar-refractivity contribution in [3.63, 3.8) is 0 Å². The highest BCUT2D eigenvalue weighted by molar-refractivity contribution is 7.99. The standard InChI is InChI=1S/C26H31F3N4O4S/c1-25(2,3)37-24(36)31-21(23(35)32-14-38-13-20(32)12-30)16-10-18-8-9-19(11-16)33(18)22(34)15-4-6-17(7-5-15)26(27,28)29/h4-7,16,18-21H,8-11,13-14H2,1-3H3,(H,31,36)/t16?,18?,19?,20-,21-/m0/s1. The number of nitrogens with one attached hydrogen (secondary N) is 1. The van der Waals surface area contributed by atoms with Gasteiger partial charge in [-0.15, -0.1) is 11.8 Å². The molecule has 3 aliphatic heterocycles. The second-order valence-electron chi connectivity index (χ2n) is 11.0. The number of carbonyl (C=O) groups is 3. The molecule has 38 heavy (non-hydrogen) atoms. The SMILES string of the molecule is CC(C)(C)OC(=O)N[C@H](C(=O)N1CSC[C@@H]1C#N)C1CC2CCC(C1)N2C(=O)c1ccc(C(F)(F)F)cc1. The number of piperidine rings is 1. The summed E-state index contributed by atoms with van der Waals surface area (Å²) in [6.45, 7) is 5.16. The molecule has 3 saturated heterocycles. The molecule has 0 radical (unpaired) electrons. The molecule has 206 valence electrons. The predicted molar refractivity (Wildman–Crippen MR) is 134 cm³/mol.